The zero-order chi connectivity index (χ0) is 20.1. The van der Waals surface area contributed by atoms with Gasteiger partial charge >= 0.3 is 11.9 Å². The van der Waals surface area contributed by atoms with E-state index >= 15 is 0 Å². The second-order valence-corrected chi connectivity index (χ2v) is 7.73. The summed E-state index contributed by atoms with van der Waals surface area (Å²) in [6.07, 6.45) is -0.00442. The zero-order valence-electron chi connectivity index (χ0n) is 16.2. The molecule has 0 saturated heterocycles. The van der Waals surface area contributed by atoms with E-state index < -0.39 is 28.7 Å². The van der Waals surface area contributed by atoms with Gasteiger partial charge in [-0.05, 0) is 52.3 Å². The van der Waals surface area contributed by atoms with Gasteiger partial charge in [-0.2, -0.15) is 0 Å². The van der Waals surface area contributed by atoms with Crippen LogP contribution >= 0.6 is 11.6 Å². The van der Waals surface area contributed by atoms with Crippen LogP contribution in [0.15, 0.2) is 24.3 Å². The van der Waals surface area contributed by atoms with Crippen molar-refractivity contribution in [2.24, 2.45) is 10.8 Å². The largest absolute Gasteiger partial charge is 0.468 e. The lowest BCUT2D eigenvalue weighted by Crippen LogP contribution is -2.39. The molecule has 0 fully saturated rings. The van der Waals surface area contributed by atoms with Crippen LogP contribution in [-0.2, 0) is 23.9 Å². The Bertz CT molecular complexity index is 661. The lowest BCUT2D eigenvalue weighted by atomic mass is 9.70. The molecule has 0 saturated carbocycles. The van der Waals surface area contributed by atoms with E-state index in [0.29, 0.717) is 5.02 Å². The highest BCUT2D eigenvalue weighted by Crippen LogP contribution is 2.41. The minimum atomic E-state index is -1.30. The van der Waals surface area contributed by atoms with Crippen molar-refractivity contribution in [3.05, 3.63) is 34.9 Å². The van der Waals surface area contributed by atoms with Crippen LogP contribution in [0.3, 0.4) is 0 Å². The van der Waals surface area contributed by atoms with Gasteiger partial charge in [0.15, 0.2) is 0 Å². The molecule has 0 amide bonds. The fourth-order valence-corrected chi connectivity index (χ4v) is 2.88. The van der Waals surface area contributed by atoms with Crippen molar-refractivity contribution >= 4 is 29.3 Å². The van der Waals surface area contributed by atoms with E-state index in [-0.39, 0.29) is 18.8 Å². The molecule has 0 bridgehead atoms. The molecular weight excluding hydrogens is 356 g/mol. The number of ketones is 1. The highest BCUT2D eigenvalue weighted by atomic mass is 35.5. The van der Waals surface area contributed by atoms with Gasteiger partial charge in [0.1, 0.15) is 11.2 Å². The summed E-state index contributed by atoms with van der Waals surface area (Å²) in [5.74, 6) is -1.79. The first-order valence-electron chi connectivity index (χ1n) is 8.52. The number of benzene rings is 1. The fourth-order valence-electron chi connectivity index (χ4n) is 2.75. The van der Waals surface area contributed by atoms with Gasteiger partial charge < -0.3 is 9.47 Å². The van der Waals surface area contributed by atoms with E-state index in [1.807, 2.05) is 0 Å². The van der Waals surface area contributed by atoms with Crippen LogP contribution in [-0.4, -0.2) is 31.4 Å². The minimum absolute atomic E-state index is 0.00442. The van der Waals surface area contributed by atoms with Crippen molar-refractivity contribution < 1.29 is 23.9 Å². The summed E-state index contributed by atoms with van der Waals surface area (Å²) in [5, 5.41) is 0.558. The fraction of sp³-hybridized carbons (Fsp3) is 0.550. The van der Waals surface area contributed by atoms with Gasteiger partial charge in [-0.15, -0.1) is 0 Å². The van der Waals surface area contributed by atoms with Crippen molar-refractivity contribution in [3.8, 4) is 0 Å². The normalized spacial score (nSPS) is 13.0. The topological polar surface area (TPSA) is 69.7 Å². The summed E-state index contributed by atoms with van der Waals surface area (Å²) in [7, 11) is 1.25. The number of hydrogen-bond acceptors (Lipinski definition) is 5. The molecule has 1 unspecified atom stereocenters. The van der Waals surface area contributed by atoms with E-state index in [4.69, 9.17) is 21.1 Å². The van der Waals surface area contributed by atoms with Gasteiger partial charge in [0, 0.05) is 17.4 Å². The summed E-state index contributed by atoms with van der Waals surface area (Å²) in [4.78, 5) is 37.4. The molecule has 0 N–H and O–H groups in total. The Balaban J connectivity index is 3.29. The molecule has 1 rings (SSSR count). The number of ether oxygens (including phenoxy) is 2. The molecule has 0 spiro atoms. The van der Waals surface area contributed by atoms with Gasteiger partial charge in [-0.3, -0.25) is 14.4 Å². The van der Waals surface area contributed by atoms with Crippen LogP contribution in [0.5, 0.6) is 0 Å². The number of carbonyl (C=O) groups is 3. The number of halogens is 1. The summed E-state index contributed by atoms with van der Waals surface area (Å²) >= 11 is 5.96. The Kier molecular flexibility index (Phi) is 7.39. The minimum Gasteiger partial charge on any atom is -0.468 e. The molecular formula is C20H27ClO5. The van der Waals surface area contributed by atoms with Crippen LogP contribution in [0.2, 0.25) is 5.02 Å². The third-order valence-corrected chi connectivity index (χ3v) is 4.98. The Morgan fingerprint density at radius 1 is 1.04 bits per heavy atom. The van der Waals surface area contributed by atoms with Crippen molar-refractivity contribution in [1.82, 2.24) is 0 Å². The molecule has 6 heteroatoms. The second kappa shape index (κ2) is 8.67. The van der Waals surface area contributed by atoms with Gasteiger partial charge in [-0.25, -0.2) is 0 Å². The standard InChI is InChI=1S/C20H27ClO5/c1-7-26-18(24)19(2,3)15(13-8-10-14(21)11-9-13)12-16(22)20(4,5)17(23)25-6/h8-11,15H,7,12H2,1-6H3. The van der Waals surface area contributed by atoms with Crippen molar-refractivity contribution in [1.29, 1.82) is 0 Å². The first-order chi connectivity index (χ1) is 12.0. The number of hydrogen-bond donors (Lipinski definition) is 0. The van der Waals surface area contributed by atoms with Crippen molar-refractivity contribution in [3.63, 3.8) is 0 Å². The Morgan fingerprint density at radius 2 is 1.58 bits per heavy atom. The van der Waals surface area contributed by atoms with Gasteiger partial charge in [-0.1, -0.05) is 23.7 Å². The molecule has 26 heavy (non-hydrogen) atoms. The average molecular weight is 383 g/mol. The summed E-state index contributed by atoms with van der Waals surface area (Å²) in [6, 6.07) is 6.99. The van der Waals surface area contributed by atoms with E-state index in [1.54, 1.807) is 45.0 Å². The lowest BCUT2D eigenvalue weighted by Gasteiger charge is -2.34. The number of rotatable bonds is 8. The third-order valence-electron chi connectivity index (χ3n) is 4.73. The van der Waals surface area contributed by atoms with Crippen LogP contribution < -0.4 is 0 Å². The molecule has 1 atom stereocenters. The SMILES string of the molecule is CCOC(=O)C(C)(C)C(CC(=O)C(C)(C)C(=O)OC)c1ccc(Cl)cc1. The quantitative estimate of drug-likeness (QED) is 0.498. The predicted octanol–water partition coefficient (Wildman–Crippen LogP) is 4.17. The number of methoxy groups -OCH3 is 1. The molecule has 0 aliphatic rings. The summed E-state index contributed by atoms with van der Waals surface area (Å²) in [5.41, 5.74) is -1.49. The molecule has 0 radical (unpaired) electrons. The molecule has 0 aliphatic heterocycles. The Hall–Kier alpha value is -1.88. The maximum atomic E-state index is 12.9. The monoisotopic (exact) mass is 382 g/mol. The Morgan fingerprint density at radius 3 is 2.04 bits per heavy atom. The molecule has 0 heterocycles. The first kappa shape index (κ1) is 22.2. The molecule has 1 aromatic rings. The molecule has 1 aromatic carbocycles. The Labute approximate surface area is 160 Å². The maximum absolute atomic E-state index is 12.9. The van der Waals surface area contributed by atoms with Crippen LogP contribution in [0.4, 0.5) is 0 Å². The third kappa shape index (κ3) is 4.85. The highest BCUT2D eigenvalue weighted by Gasteiger charge is 2.44. The molecule has 144 valence electrons. The summed E-state index contributed by atoms with van der Waals surface area (Å²) < 4.78 is 9.94. The van der Waals surface area contributed by atoms with E-state index in [0.717, 1.165) is 5.56 Å². The number of carbonyl (C=O) groups excluding carboxylic acids is 3. The predicted molar refractivity (Wildman–Crippen MR) is 100 cm³/mol. The van der Waals surface area contributed by atoms with Gasteiger partial charge in [0.2, 0.25) is 0 Å². The van der Waals surface area contributed by atoms with Crippen LogP contribution in [0.1, 0.15) is 52.5 Å². The second-order valence-electron chi connectivity index (χ2n) is 7.29. The summed E-state index contributed by atoms with van der Waals surface area (Å²) in [6.45, 7) is 8.51. The van der Waals surface area contributed by atoms with Crippen LogP contribution in [0.25, 0.3) is 0 Å². The number of esters is 2. The number of Topliss-reactive ketones (excluding diaryl/α,β-unsaturated/α-hetero) is 1. The molecule has 5 nitrogen and oxygen atoms in total. The van der Waals surface area contributed by atoms with Gasteiger partial charge in [0.25, 0.3) is 0 Å². The zero-order valence-corrected chi connectivity index (χ0v) is 17.0. The first-order valence-corrected chi connectivity index (χ1v) is 8.90. The lowest BCUT2D eigenvalue weighted by molar-refractivity contribution is -0.157. The smallest absolute Gasteiger partial charge is 0.318 e. The van der Waals surface area contributed by atoms with Gasteiger partial charge in [0.05, 0.1) is 19.1 Å². The van der Waals surface area contributed by atoms with Crippen molar-refractivity contribution in [2.75, 3.05) is 13.7 Å². The van der Waals surface area contributed by atoms with Crippen molar-refractivity contribution in [2.45, 2.75) is 47.0 Å². The van der Waals surface area contributed by atoms with Crippen LogP contribution in [0, 0.1) is 10.8 Å². The van der Waals surface area contributed by atoms with E-state index in [1.165, 1.54) is 21.0 Å². The van der Waals surface area contributed by atoms with E-state index in [9.17, 15) is 14.4 Å². The molecule has 0 aliphatic carbocycles. The maximum Gasteiger partial charge on any atom is 0.318 e. The van der Waals surface area contributed by atoms with E-state index in [2.05, 4.69) is 0 Å². The highest BCUT2D eigenvalue weighted by molar-refractivity contribution is 6.30. The average Bonchev–Trinajstić information content (AvgIpc) is 2.59. The molecule has 0 aromatic heterocycles.